The predicted molar refractivity (Wildman–Crippen MR) is 92.6 cm³/mol. The molecule has 0 fully saturated rings. The summed E-state index contributed by atoms with van der Waals surface area (Å²) >= 11 is 0. The quantitative estimate of drug-likeness (QED) is 0.764. The van der Waals surface area contributed by atoms with Gasteiger partial charge in [0, 0.05) is 35.3 Å². The molecule has 0 saturated heterocycles. The molecule has 0 bridgehead atoms. The largest absolute Gasteiger partial charge is 0.423 e. The van der Waals surface area contributed by atoms with Gasteiger partial charge in [0.1, 0.15) is 5.58 Å². The summed E-state index contributed by atoms with van der Waals surface area (Å²) in [5.41, 5.74) is 5.10. The minimum Gasteiger partial charge on any atom is -0.423 e. The van der Waals surface area contributed by atoms with Crippen LogP contribution in [0.5, 0.6) is 0 Å². The van der Waals surface area contributed by atoms with Gasteiger partial charge in [0.15, 0.2) is 0 Å². The Morgan fingerprint density at radius 2 is 1.91 bits per heavy atom. The van der Waals surface area contributed by atoms with Crippen LogP contribution in [0.4, 0.5) is 5.69 Å². The number of rotatable bonds is 2. The van der Waals surface area contributed by atoms with Crippen LogP contribution in [0.2, 0.25) is 0 Å². The summed E-state index contributed by atoms with van der Waals surface area (Å²) in [5.74, 6) is 0. The number of allylic oxidation sites excluding steroid dienone is 1. The van der Waals surface area contributed by atoms with E-state index < -0.39 is 0 Å². The third kappa shape index (κ3) is 2.16. The van der Waals surface area contributed by atoms with Gasteiger partial charge in [-0.15, -0.1) is 0 Å². The molecule has 0 saturated carbocycles. The van der Waals surface area contributed by atoms with Crippen molar-refractivity contribution in [2.24, 2.45) is 0 Å². The topological polar surface area (TPSA) is 33.5 Å². The summed E-state index contributed by atoms with van der Waals surface area (Å²) in [5, 5.41) is 1.02. The average molecular weight is 297 g/mol. The molecule has 0 atom stereocenters. The third-order valence-electron chi connectivity index (χ3n) is 4.62. The van der Waals surface area contributed by atoms with Crippen molar-refractivity contribution < 1.29 is 4.42 Å². The fraction of sp³-hybridized carbons (Fsp3) is 0.421. The Morgan fingerprint density at radius 3 is 2.55 bits per heavy atom. The molecule has 1 aliphatic rings. The van der Waals surface area contributed by atoms with Crippen molar-refractivity contribution >= 4 is 22.2 Å². The van der Waals surface area contributed by atoms with Gasteiger partial charge in [-0.3, -0.25) is 0 Å². The van der Waals surface area contributed by atoms with Crippen molar-refractivity contribution in [1.29, 1.82) is 0 Å². The normalized spacial score (nSPS) is 16.6. The highest BCUT2D eigenvalue weighted by Gasteiger charge is 2.31. The van der Waals surface area contributed by atoms with E-state index in [4.69, 9.17) is 4.42 Å². The lowest BCUT2D eigenvalue weighted by molar-refractivity contribution is 0.553. The minimum absolute atomic E-state index is 0.0368. The molecule has 0 N–H and O–H groups in total. The highest BCUT2D eigenvalue weighted by atomic mass is 16.4. The van der Waals surface area contributed by atoms with Crippen LogP contribution in [0.25, 0.3) is 16.5 Å². The van der Waals surface area contributed by atoms with Crippen molar-refractivity contribution in [2.75, 3.05) is 11.4 Å². The minimum atomic E-state index is -0.283. The van der Waals surface area contributed by atoms with E-state index in [1.165, 1.54) is 11.1 Å². The van der Waals surface area contributed by atoms with Crippen LogP contribution in [-0.4, -0.2) is 12.1 Å². The number of likely N-dealkylation sites (N-methyl/N-ethyl adjacent to an activating group) is 1. The molecule has 2 heterocycles. The zero-order valence-electron chi connectivity index (χ0n) is 14.0. The predicted octanol–water partition coefficient (Wildman–Crippen LogP) is 4.51. The van der Waals surface area contributed by atoms with Crippen molar-refractivity contribution in [1.82, 2.24) is 0 Å². The van der Waals surface area contributed by atoms with E-state index in [-0.39, 0.29) is 11.2 Å². The number of hydrogen-bond donors (Lipinski definition) is 0. The van der Waals surface area contributed by atoms with Gasteiger partial charge < -0.3 is 9.32 Å². The maximum absolute atomic E-state index is 11.7. The van der Waals surface area contributed by atoms with Crippen LogP contribution in [0.3, 0.4) is 0 Å². The Labute approximate surface area is 131 Å². The zero-order valence-corrected chi connectivity index (χ0v) is 14.0. The highest BCUT2D eigenvalue weighted by molar-refractivity contribution is 5.93. The average Bonchev–Trinajstić information content (AvgIpc) is 2.44. The van der Waals surface area contributed by atoms with Crippen molar-refractivity contribution in [3.63, 3.8) is 0 Å². The molecule has 1 aliphatic heterocycles. The van der Waals surface area contributed by atoms with Crippen molar-refractivity contribution in [3.05, 3.63) is 45.8 Å². The number of anilines is 1. The second kappa shape index (κ2) is 5.01. The lowest BCUT2D eigenvalue weighted by Crippen LogP contribution is -2.45. The van der Waals surface area contributed by atoms with Gasteiger partial charge in [0.2, 0.25) is 0 Å². The van der Waals surface area contributed by atoms with Crippen LogP contribution >= 0.6 is 0 Å². The second-order valence-corrected chi connectivity index (χ2v) is 6.54. The molecular formula is C19H23NO2. The maximum atomic E-state index is 11.7. The monoisotopic (exact) mass is 297 g/mol. The SMILES string of the molecule is CCC1=CC(C)(C)N(CC)c2cc3oc(=O)cc(C)c3cc21. The van der Waals surface area contributed by atoms with E-state index in [2.05, 4.69) is 44.7 Å². The van der Waals surface area contributed by atoms with E-state index in [1.807, 2.05) is 13.0 Å². The molecule has 3 heteroatoms. The number of nitrogens with zero attached hydrogens (tertiary/aromatic N) is 1. The summed E-state index contributed by atoms with van der Waals surface area (Å²) in [6.07, 6.45) is 3.36. The Kier molecular flexibility index (Phi) is 3.39. The zero-order chi connectivity index (χ0) is 16.1. The van der Waals surface area contributed by atoms with Crippen molar-refractivity contribution in [2.45, 2.75) is 46.6 Å². The van der Waals surface area contributed by atoms with Crippen LogP contribution < -0.4 is 10.5 Å². The molecule has 116 valence electrons. The van der Waals surface area contributed by atoms with Gasteiger partial charge in [-0.2, -0.15) is 0 Å². The van der Waals surface area contributed by atoms with E-state index in [1.54, 1.807) is 6.07 Å². The summed E-state index contributed by atoms with van der Waals surface area (Å²) in [7, 11) is 0. The maximum Gasteiger partial charge on any atom is 0.336 e. The first kappa shape index (κ1) is 14.9. The molecule has 2 aromatic rings. The van der Waals surface area contributed by atoms with Gasteiger partial charge in [0.25, 0.3) is 0 Å². The number of benzene rings is 1. The summed E-state index contributed by atoms with van der Waals surface area (Å²) in [6, 6.07) is 5.78. The first-order chi connectivity index (χ1) is 10.4. The number of aryl methyl sites for hydroxylation is 1. The molecule has 1 aromatic carbocycles. The fourth-order valence-corrected chi connectivity index (χ4v) is 3.60. The Hall–Kier alpha value is -2.03. The van der Waals surface area contributed by atoms with Crippen LogP contribution in [-0.2, 0) is 0 Å². The Morgan fingerprint density at radius 1 is 1.18 bits per heavy atom. The number of fused-ring (bicyclic) bond motifs is 2. The smallest absolute Gasteiger partial charge is 0.336 e. The molecule has 0 amide bonds. The van der Waals surface area contributed by atoms with Gasteiger partial charge >= 0.3 is 5.63 Å². The summed E-state index contributed by atoms with van der Waals surface area (Å²) < 4.78 is 5.44. The molecule has 3 rings (SSSR count). The second-order valence-electron chi connectivity index (χ2n) is 6.54. The molecule has 1 aromatic heterocycles. The van der Waals surface area contributed by atoms with Gasteiger partial charge in [-0.05, 0) is 51.3 Å². The molecule has 0 radical (unpaired) electrons. The lowest BCUT2D eigenvalue weighted by atomic mass is 9.86. The van der Waals surface area contributed by atoms with Gasteiger partial charge in [-0.25, -0.2) is 4.79 Å². The number of hydrogen-bond acceptors (Lipinski definition) is 3. The Balaban J connectivity index is 2.38. The molecule has 3 nitrogen and oxygen atoms in total. The van der Waals surface area contributed by atoms with Gasteiger partial charge in [-0.1, -0.05) is 13.0 Å². The third-order valence-corrected chi connectivity index (χ3v) is 4.62. The first-order valence-electron chi connectivity index (χ1n) is 7.95. The molecule has 22 heavy (non-hydrogen) atoms. The van der Waals surface area contributed by atoms with Crippen LogP contribution in [0, 0.1) is 6.92 Å². The van der Waals surface area contributed by atoms with Gasteiger partial charge in [0.05, 0.1) is 5.54 Å². The van der Waals surface area contributed by atoms with Crippen LogP contribution in [0.1, 0.15) is 45.2 Å². The summed E-state index contributed by atoms with van der Waals surface area (Å²) in [6.45, 7) is 11.7. The van der Waals surface area contributed by atoms with Crippen molar-refractivity contribution in [3.8, 4) is 0 Å². The molecule has 0 spiro atoms. The standard InChI is InChI=1S/C19H23NO2/c1-6-13-11-19(4,5)20(7-2)16-10-17-14(9-15(13)16)12(3)8-18(21)22-17/h8-11H,6-7H2,1-5H3. The highest BCUT2D eigenvalue weighted by Crippen LogP contribution is 2.42. The lowest BCUT2D eigenvalue weighted by Gasteiger charge is -2.43. The van der Waals surface area contributed by atoms with E-state index in [0.29, 0.717) is 5.58 Å². The first-order valence-corrected chi connectivity index (χ1v) is 7.95. The van der Waals surface area contributed by atoms with E-state index in [9.17, 15) is 4.79 Å². The fourth-order valence-electron chi connectivity index (χ4n) is 3.60. The van der Waals surface area contributed by atoms with E-state index in [0.717, 1.165) is 29.6 Å². The summed E-state index contributed by atoms with van der Waals surface area (Å²) in [4.78, 5) is 14.0. The van der Waals surface area contributed by atoms with Crippen LogP contribution in [0.15, 0.2) is 33.5 Å². The molecule has 0 aliphatic carbocycles. The Bertz CT molecular complexity index is 827. The molecule has 0 unspecified atom stereocenters. The molecular weight excluding hydrogens is 274 g/mol. The van der Waals surface area contributed by atoms with E-state index >= 15 is 0 Å².